The van der Waals surface area contributed by atoms with Crippen LogP contribution in [0.15, 0.2) is 12.4 Å². The van der Waals surface area contributed by atoms with E-state index in [1.807, 2.05) is 12.4 Å². The molecule has 1 aliphatic rings. The van der Waals surface area contributed by atoms with Crippen molar-refractivity contribution in [3.63, 3.8) is 0 Å². The molecule has 2 rings (SSSR count). The molecule has 0 spiro atoms. The third-order valence-corrected chi connectivity index (χ3v) is 3.48. The van der Waals surface area contributed by atoms with Gasteiger partial charge in [-0.25, -0.2) is 4.98 Å². The molecule has 0 radical (unpaired) electrons. The van der Waals surface area contributed by atoms with Crippen molar-refractivity contribution in [2.24, 2.45) is 24.6 Å². The van der Waals surface area contributed by atoms with Gasteiger partial charge in [-0.3, -0.25) is 0 Å². The van der Waals surface area contributed by atoms with E-state index in [-0.39, 0.29) is 0 Å². The highest BCUT2D eigenvalue weighted by Gasteiger charge is 2.26. The van der Waals surface area contributed by atoms with Crippen LogP contribution >= 0.6 is 0 Å². The largest absolute Gasteiger partial charge is 0.338 e. The number of hydrogen-bond acceptors (Lipinski definition) is 2. The van der Waals surface area contributed by atoms with Gasteiger partial charge < -0.3 is 10.3 Å². The summed E-state index contributed by atoms with van der Waals surface area (Å²) in [4.78, 5) is 4.37. The van der Waals surface area contributed by atoms with Gasteiger partial charge in [-0.15, -0.1) is 0 Å². The predicted octanol–water partition coefficient (Wildman–Crippen LogP) is 1.34. The zero-order chi connectivity index (χ0) is 9.97. The molecule has 0 bridgehead atoms. The first-order valence-electron chi connectivity index (χ1n) is 5.47. The van der Waals surface area contributed by atoms with Crippen molar-refractivity contribution in [3.05, 3.63) is 18.2 Å². The van der Waals surface area contributed by atoms with Crippen molar-refractivity contribution in [1.29, 1.82) is 0 Å². The van der Waals surface area contributed by atoms with Gasteiger partial charge in [-0.1, -0.05) is 6.42 Å². The maximum Gasteiger partial charge on any atom is 0.108 e. The van der Waals surface area contributed by atoms with Crippen molar-refractivity contribution in [3.8, 4) is 0 Å². The molecule has 0 amide bonds. The Hall–Kier alpha value is -0.830. The number of aromatic nitrogens is 2. The number of nitrogens with zero attached hydrogens (tertiary/aromatic N) is 2. The highest BCUT2D eigenvalue weighted by molar-refractivity contribution is 4.95. The molecule has 1 aromatic rings. The van der Waals surface area contributed by atoms with Crippen molar-refractivity contribution in [1.82, 2.24) is 9.55 Å². The van der Waals surface area contributed by atoms with E-state index in [9.17, 15) is 0 Å². The van der Waals surface area contributed by atoms with Gasteiger partial charge in [0, 0.05) is 25.9 Å². The summed E-state index contributed by atoms with van der Waals surface area (Å²) in [6.45, 7) is 0.842. The van der Waals surface area contributed by atoms with Gasteiger partial charge >= 0.3 is 0 Å². The summed E-state index contributed by atoms with van der Waals surface area (Å²) in [5, 5.41) is 0. The Kier molecular flexibility index (Phi) is 2.87. The molecule has 1 aromatic heterocycles. The first kappa shape index (κ1) is 9.71. The Morgan fingerprint density at radius 1 is 1.50 bits per heavy atom. The first-order chi connectivity index (χ1) is 6.81. The highest BCUT2D eigenvalue weighted by Crippen LogP contribution is 2.32. The Bertz CT molecular complexity index is 292. The van der Waals surface area contributed by atoms with E-state index in [1.54, 1.807) is 0 Å². The number of nitrogens with two attached hydrogens (primary N) is 1. The van der Waals surface area contributed by atoms with Gasteiger partial charge in [0.25, 0.3) is 0 Å². The minimum absolute atomic E-state index is 0.728. The lowest BCUT2D eigenvalue weighted by atomic mass is 9.93. The van der Waals surface area contributed by atoms with Crippen molar-refractivity contribution in [2.75, 3.05) is 6.54 Å². The van der Waals surface area contributed by atoms with Crippen molar-refractivity contribution < 1.29 is 0 Å². The normalized spacial score (nSPS) is 27.0. The average Bonchev–Trinajstić information content (AvgIpc) is 2.77. The maximum atomic E-state index is 5.76. The van der Waals surface area contributed by atoms with E-state index in [4.69, 9.17) is 5.73 Å². The molecule has 78 valence electrons. The van der Waals surface area contributed by atoms with E-state index < -0.39 is 0 Å². The molecule has 3 heteroatoms. The SMILES string of the molecule is Cn1ccnc1CC1CCCC1CN. The summed E-state index contributed by atoms with van der Waals surface area (Å²) in [6.07, 6.45) is 8.98. The van der Waals surface area contributed by atoms with Crippen LogP contribution in [0, 0.1) is 11.8 Å². The van der Waals surface area contributed by atoms with E-state index in [1.165, 1.54) is 25.1 Å². The molecule has 0 saturated heterocycles. The molecular weight excluding hydrogens is 174 g/mol. The standard InChI is InChI=1S/C11H19N3/c1-14-6-5-13-11(14)7-9-3-2-4-10(9)8-12/h5-6,9-10H,2-4,7-8,12H2,1H3. The van der Waals surface area contributed by atoms with Crippen LogP contribution in [0.25, 0.3) is 0 Å². The molecular formula is C11H19N3. The fraction of sp³-hybridized carbons (Fsp3) is 0.727. The van der Waals surface area contributed by atoms with Gasteiger partial charge in [0.1, 0.15) is 5.82 Å². The van der Waals surface area contributed by atoms with Gasteiger partial charge in [0.2, 0.25) is 0 Å². The second-order valence-electron chi connectivity index (χ2n) is 4.35. The molecule has 2 atom stereocenters. The molecule has 0 aliphatic heterocycles. The number of hydrogen-bond donors (Lipinski definition) is 1. The second kappa shape index (κ2) is 4.13. The summed E-state index contributed by atoms with van der Waals surface area (Å²) in [6, 6.07) is 0. The lowest BCUT2D eigenvalue weighted by molar-refractivity contribution is 0.384. The minimum Gasteiger partial charge on any atom is -0.338 e. The van der Waals surface area contributed by atoms with E-state index >= 15 is 0 Å². The van der Waals surface area contributed by atoms with Gasteiger partial charge in [0.15, 0.2) is 0 Å². The Balaban J connectivity index is 2.00. The van der Waals surface area contributed by atoms with Crippen LogP contribution in [0.1, 0.15) is 25.1 Å². The molecule has 14 heavy (non-hydrogen) atoms. The molecule has 1 aliphatic carbocycles. The third kappa shape index (κ3) is 1.82. The zero-order valence-electron chi connectivity index (χ0n) is 8.82. The number of rotatable bonds is 3. The number of imidazole rings is 1. The molecule has 3 nitrogen and oxygen atoms in total. The van der Waals surface area contributed by atoms with E-state index in [0.717, 1.165) is 24.8 Å². The van der Waals surface area contributed by atoms with Crippen LogP contribution in [0.5, 0.6) is 0 Å². The number of aryl methyl sites for hydroxylation is 1. The van der Waals surface area contributed by atoms with E-state index in [0.29, 0.717) is 0 Å². The summed E-state index contributed by atoms with van der Waals surface area (Å²) in [5.41, 5.74) is 5.76. The van der Waals surface area contributed by atoms with Crippen LogP contribution in [0.2, 0.25) is 0 Å². The molecule has 1 fully saturated rings. The molecule has 1 saturated carbocycles. The predicted molar refractivity (Wildman–Crippen MR) is 56.8 cm³/mol. The van der Waals surface area contributed by atoms with Crippen LogP contribution in [0.4, 0.5) is 0 Å². The first-order valence-corrected chi connectivity index (χ1v) is 5.47. The quantitative estimate of drug-likeness (QED) is 0.787. The Morgan fingerprint density at radius 2 is 2.29 bits per heavy atom. The topological polar surface area (TPSA) is 43.8 Å². The monoisotopic (exact) mass is 193 g/mol. The van der Waals surface area contributed by atoms with Crippen LogP contribution in [-0.2, 0) is 13.5 Å². The summed E-state index contributed by atoms with van der Waals surface area (Å²) >= 11 is 0. The van der Waals surface area contributed by atoms with Crippen molar-refractivity contribution >= 4 is 0 Å². The average molecular weight is 193 g/mol. The van der Waals surface area contributed by atoms with Gasteiger partial charge in [-0.05, 0) is 31.2 Å². The third-order valence-electron chi connectivity index (χ3n) is 3.48. The maximum absolute atomic E-state index is 5.76. The summed E-state index contributed by atoms with van der Waals surface area (Å²) in [7, 11) is 2.06. The van der Waals surface area contributed by atoms with Crippen molar-refractivity contribution in [2.45, 2.75) is 25.7 Å². The molecule has 2 N–H and O–H groups in total. The Labute approximate surface area is 85.3 Å². The minimum atomic E-state index is 0.728. The molecule has 1 heterocycles. The van der Waals surface area contributed by atoms with E-state index in [2.05, 4.69) is 16.6 Å². The summed E-state index contributed by atoms with van der Waals surface area (Å²) < 4.78 is 2.12. The molecule has 0 aromatic carbocycles. The molecule has 2 unspecified atom stereocenters. The fourth-order valence-corrected chi connectivity index (χ4v) is 2.52. The van der Waals surface area contributed by atoms with Gasteiger partial charge in [0.05, 0.1) is 0 Å². The highest BCUT2D eigenvalue weighted by atomic mass is 15.0. The lowest BCUT2D eigenvalue weighted by Crippen LogP contribution is -2.21. The fourth-order valence-electron chi connectivity index (χ4n) is 2.52. The summed E-state index contributed by atoms with van der Waals surface area (Å²) in [5.74, 6) is 2.70. The Morgan fingerprint density at radius 3 is 2.93 bits per heavy atom. The lowest BCUT2D eigenvalue weighted by Gasteiger charge is -2.17. The van der Waals surface area contributed by atoms with Crippen LogP contribution < -0.4 is 5.73 Å². The van der Waals surface area contributed by atoms with Gasteiger partial charge in [-0.2, -0.15) is 0 Å². The second-order valence-corrected chi connectivity index (χ2v) is 4.35. The van der Waals surface area contributed by atoms with Crippen LogP contribution in [-0.4, -0.2) is 16.1 Å². The van der Waals surface area contributed by atoms with Crippen LogP contribution in [0.3, 0.4) is 0 Å². The smallest absolute Gasteiger partial charge is 0.108 e. The zero-order valence-corrected chi connectivity index (χ0v) is 8.82.